The number of nitrogens with two attached hydrogens (primary N) is 1. The van der Waals surface area contributed by atoms with Crippen molar-refractivity contribution in [3.8, 4) is 11.3 Å². The van der Waals surface area contributed by atoms with Crippen LogP contribution in [-0.2, 0) is 17.9 Å². The number of nitrogens with one attached hydrogen (secondary N) is 2. The molecule has 2 aromatic carbocycles. The summed E-state index contributed by atoms with van der Waals surface area (Å²) >= 11 is 0. The van der Waals surface area contributed by atoms with Crippen LogP contribution < -0.4 is 16.4 Å². The predicted molar refractivity (Wildman–Crippen MR) is 116 cm³/mol. The average Bonchev–Trinajstić information content (AvgIpc) is 3.15. The van der Waals surface area contributed by atoms with Gasteiger partial charge in [0.2, 0.25) is 5.91 Å². The van der Waals surface area contributed by atoms with Gasteiger partial charge in [0.25, 0.3) is 0 Å². The van der Waals surface area contributed by atoms with Crippen LogP contribution in [0.15, 0.2) is 66.9 Å². The molecule has 30 heavy (non-hydrogen) atoms. The Hall–Kier alpha value is -3.61. The van der Waals surface area contributed by atoms with Crippen LogP contribution in [0.3, 0.4) is 0 Å². The summed E-state index contributed by atoms with van der Waals surface area (Å²) in [5.41, 5.74) is 9.05. The topological polar surface area (TPSA) is 102 Å². The Balaban J connectivity index is 1.80. The van der Waals surface area contributed by atoms with Gasteiger partial charge in [-0.05, 0) is 12.0 Å². The van der Waals surface area contributed by atoms with Crippen molar-refractivity contribution in [1.82, 2.24) is 20.4 Å². The Kier molecular flexibility index (Phi) is 7.21. The van der Waals surface area contributed by atoms with Gasteiger partial charge in [-0.3, -0.25) is 9.48 Å². The normalized spacial score (nSPS) is 11.6. The van der Waals surface area contributed by atoms with E-state index in [1.807, 2.05) is 66.3 Å². The third kappa shape index (κ3) is 5.70. The molecule has 0 aliphatic rings. The third-order valence-corrected chi connectivity index (χ3v) is 4.74. The van der Waals surface area contributed by atoms with Crippen LogP contribution in [0.2, 0.25) is 0 Å². The fraction of sp³-hybridized carbons (Fsp3) is 0.261. The number of hydrogen-bond acceptors (Lipinski definition) is 3. The number of aromatic nitrogens is 2. The molecule has 3 amide bonds. The van der Waals surface area contributed by atoms with Crippen LogP contribution in [0, 0.1) is 0 Å². The molecule has 0 spiro atoms. The van der Waals surface area contributed by atoms with Crippen LogP contribution in [-0.4, -0.2) is 27.8 Å². The maximum atomic E-state index is 12.6. The highest BCUT2D eigenvalue weighted by Gasteiger charge is 2.20. The number of amides is 3. The first-order chi connectivity index (χ1) is 14.6. The number of rotatable bonds is 9. The monoisotopic (exact) mass is 405 g/mol. The van der Waals surface area contributed by atoms with E-state index in [0.717, 1.165) is 28.8 Å². The van der Waals surface area contributed by atoms with Crippen LogP contribution >= 0.6 is 0 Å². The summed E-state index contributed by atoms with van der Waals surface area (Å²) in [5.74, 6) is -0.259. The van der Waals surface area contributed by atoms with Gasteiger partial charge in [-0.15, -0.1) is 0 Å². The molecule has 0 fully saturated rings. The van der Waals surface area contributed by atoms with E-state index in [0.29, 0.717) is 19.5 Å². The second-order valence-corrected chi connectivity index (χ2v) is 7.12. The summed E-state index contributed by atoms with van der Waals surface area (Å²) in [6, 6.07) is 18.6. The number of nitrogens with zero attached hydrogens (tertiary/aromatic N) is 2. The van der Waals surface area contributed by atoms with Gasteiger partial charge in [-0.2, -0.15) is 5.10 Å². The Morgan fingerprint density at radius 3 is 2.37 bits per heavy atom. The third-order valence-electron chi connectivity index (χ3n) is 4.74. The molecule has 0 bridgehead atoms. The Morgan fingerprint density at radius 2 is 1.73 bits per heavy atom. The highest BCUT2D eigenvalue weighted by atomic mass is 16.2. The molecule has 0 saturated carbocycles. The van der Waals surface area contributed by atoms with Gasteiger partial charge in [-0.25, -0.2) is 4.79 Å². The number of benzene rings is 2. The summed E-state index contributed by atoms with van der Waals surface area (Å²) in [7, 11) is 0. The van der Waals surface area contributed by atoms with E-state index in [-0.39, 0.29) is 5.91 Å². The molecule has 0 radical (unpaired) electrons. The Morgan fingerprint density at radius 1 is 1.07 bits per heavy atom. The lowest BCUT2D eigenvalue weighted by Gasteiger charge is -2.16. The first-order valence-electron chi connectivity index (χ1n) is 10.1. The van der Waals surface area contributed by atoms with E-state index >= 15 is 0 Å². The zero-order valence-corrected chi connectivity index (χ0v) is 17.0. The zero-order valence-electron chi connectivity index (χ0n) is 17.0. The van der Waals surface area contributed by atoms with Crippen LogP contribution in [0.1, 0.15) is 30.9 Å². The molecule has 0 aliphatic carbocycles. The molecule has 4 N–H and O–H groups in total. The van der Waals surface area contributed by atoms with Crippen LogP contribution in [0.25, 0.3) is 11.3 Å². The molecular weight excluding hydrogens is 378 g/mol. The Labute approximate surface area is 176 Å². The van der Waals surface area contributed by atoms with Crippen molar-refractivity contribution < 1.29 is 9.59 Å². The number of primary amides is 1. The van der Waals surface area contributed by atoms with Gasteiger partial charge < -0.3 is 16.4 Å². The first-order valence-corrected chi connectivity index (χ1v) is 10.1. The summed E-state index contributed by atoms with van der Waals surface area (Å²) in [4.78, 5) is 23.8. The average molecular weight is 406 g/mol. The largest absolute Gasteiger partial charge is 0.352 e. The van der Waals surface area contributed by atoms with Crippen molar-refractivity contribution >= 4 is 11.9 Å². The molecule has 1 heterocycles. The predicted octanol–water partition coefficient (Wildman–Crippen LogP) is 3.05. The van der Waals surface area contributed by atoms with E-state index in [1.54, 1.807) is 0 Å². The summed E-state index contributed by atoms with van der Waals surface area (Å²) in [6.45, 7) is 2.89. The van der Waals surface area contributed by atoms with Crippen LogP contribution in [0.4, 0.5) is 4.79 Å². The van der Waals surface area contributed by atoms with Crippen molar-refractivity contribution in [3.05, 3.63) is 78.0 Å². The van der Waals surface area contributed by atoms with Gasteiger partial charge in [0.05, 0.1) is 12.2 Å². The number of urea groups is 1. The second-order valence-electron chi connectivity index (χ2n) is 7.12. The SMILES string of the molecule is CCCC(NC(N)=O)C(=O)NCc1cn(Cc2ccccc2)nc1-c1ccccc1. The minimum Gasteiger partial charge on any atom is -0.352 e. The molecule has 156 valence electrons. The van der Waals surface area contributed by atoms with Gasteiger partial charge >= 0.3 is 6.03 Å². The van der Waals surface area contributed by atoms with Crippen molar-refractivity contribution in [2.45, 2.75) is 38.9 Å². The molecule has 1 aromatic heterocycles. The van der Waals surface area contributed by atoms with Gasteiger partial charge in [0.15, 0.2) is 0 Å². The molecule has 7 nitrogen and oxygen atoms in total. The fourth-order valence-electron chi connectivity index (χ4n) is 3.32. The van der Waals surface area contributed by atoms with Crippen molar-refractivity contribution in [2.24, 2.45) is 5.73 Å². The second kappa shape index (κ2) is 10.2. The first kappa shape index (κ1) is 21.1. The van der Waals surface area contributed by atoms with Gasteiger partial charge in [0.1, 0.15) is 6.04 Å². The maximum absolute atomic E-state index is 12.6. The minimum absolute atomic E-state index is 0.259. The molecular formula is C23H27N5O2. The molecule has 1 atom stereocenters. The van der Waals surface area contributed by atoms with Gasteiger partial charge in [-0.1, -0.05) is 74.0 Å². The highest BCUT2D eigenvalue weighted by molar-refractivity contribution is 5.86. The van der Waals surface area contributed by atoms with Gasteiger partial charge in [0, 0.05) is 23.9 Å². The number of hydrogen-bond donors (Lipinski definition) is 3. The zero-order chi connectivity index (χ0) is 21.3. The molecule has 3 rings (SSSR count). The van der Waals surface area contributed by atoms with E-state index < -0.39 is 12.1 Å². The lowest BCUT2D eigenvalue weighted by atomic mass is 10.1. The lowest BCUT2D eigenvalue weighted by Crippen LogP contribution is -2.48. The van der Waals surface area contributed by atoms with E-state index in [1.165, 1.54) is 0 Å². The smallest absolute Gasteiger partial charge is 0.312 e. The van der Waals surface area contributed by atoms with Crippen molar-refractivity contribution in [2.75, 3.05) is 0 Å². The lowest BCUT2D eigenvalue weighted by molar-refractivity contribution is -0.123. The van der Waals surface area contributed by atoms with Crippen molar-refractivity contribution in [1.29, 1.82) is 0 Å². The summed E-state index contributed by atoms with van der Waals surface area (Å²) < 4.78 is 1.88. The molecule has 1 unspecified atom stereocenters. The number of carbonyl (C=O) groups excluding carboxylic acids is 2. The van der Waals surface area contributed by atoms with E-state index in [2.05, 4.69) is 22.8 Å². The molecule has 0 saturated heterocycles. The quantitative estimate of drug-likeness (QED) is 0.510. The van der Waals surface area contributed by atoms with E-state index in [9.17, 15) is 9.59 Å². The minimum atomic E-state index is -0.704. The molecule has 3 aromatic rings. The standard InChI is InChI=1S/C23H27N5O2/c1-2-9-20(26-23(24)30)22(29)25-14-19-16-28(15-17-10-5-3-6-11-17)27-21(19)18-12-7-4-8-13-18/h3-8,10-13,16,20H,2,9,14-15H2,1H3,(H,25,29)(H3,24,26,30). The molecule has 7 heteroatoms. The molecule has 0 aliphatic heterocycles. The summed E-state index contributed by atoms with van der Waals surface area (Å²) in [6.07, 6.45) is 3.22. The number of carbonyl (C=O) groups is 2. The summed E-state index contributed by atoms with van der Waals surface area (Å²) in [5, 5.41) is 10.2. The van der Waals surface area contributed by atoms with Crippen LogP contribution in [0.5, 0.6) is 0 Å². The van der Waals surface area contributed by atoms with E-state index in [4.69, 9.17) is 10.8 Å². The Bertz CT molecular complexity index is 970. The fourth-order valence-corrected chi connectivity index (χ4v) is 3.32. The van der Waals surface area contributed by atoms with Crippen molar-refractivity contribution in [3.63, 3.8) is 0 Å². The maximum Gasteiger partial charge on any atom is 0.312 e. The highest BCUT2D eigenvalue weighted by Crippen LogP contribution is 2.22.